The molecule has 1 aliphatic rings. The lowest BCUT2D eigenvalue weighted by atomic mass is 10.1. The van der Waals surface area contributed by atoms with Crippen LogP contribution in [0.5, 0.6) is 11.5 Å². The van der Waals surface area contributed by atoms with Crippen LogP contribution in [-0.4, -0.2) is 22.4 Å². The summed E-state index contributed by atoms with van der Waals surface area (Å²) < 4.78 is 5.47. The molecule has 6 heteroatoms. The molecule has 1 saturated heterocycles. The summed E-state index contributed by atoms with van der Waals surface area (Å²) in [5.74, 6) is 0.451. The number of hydrogen-bond donors (Lipinski definition) is 2. The molecule has 0 radical (unpaired) electrons. The lowest BCUT2D eigenvalue weighted by Gasteiger charge is -2.03. The second kappa shape index (κ2) is 4.77. The highest BCUT2D eigenvalue weighted by Crippen LogP contribution is 2.30. The molecular formula is C11H9NO3S2. The van der Waals surface area contributed by atoms with Crippen LogP contribution in [0.3, 0.4) is 0 Å². The van der Waals surface area contributed by atoms with Gasteiger partial charge in [0.1, 0.15) is 15.8 Å². The highest BCUT2D eigenvalue weighted by molar-refractivity contribution is 8.26. The zero-order valence-corrected chi connectivity index (χ0v) is 10.5. The topological polar surface area (TPSA) is 58.6 Å². The first-order chi connectivity index (χ1) is 8.10. The number of phenolic OH excluding ortho intramolecular Hbond substituents is 1. The fourth-order valence-electron chi connectivity index (χ4n) is 1.34. The fourth-order valence-corrected chi connectivity index (χ4v) is 2.37. The van der Waals surface area contributed by atoms with E-state index in [-0.39, 0.29) is 11.7 Å². The van der Waals surface area contributed by atoms with Gasteiger partial charge in [-0.1, -0.05) is 24.0 Å². The van der Waals surface area contributed by atoms with Gasteiger partial charge in [-0.05, 0) is 24.3 Å². The van der Waals surface area contributed by atoms with E-state index in [4.69, 9.17) is 17.0 Å². The number of amides is 1. The first-order valence-corrected chi connectivity index (χ1v) is 5.94. The van der Waals surface area contributed by atoms with Crippen molar-refractivity contribution in [3.63, 3.8) is 0 Å². The van der Waals surface area contributed by atoms with Crippen molar-refractivity contribution in [2.45, 2.75) is 0 Å². The lowest BCUT2D eigenvalue weighted by molar-refractivity contribution is -0.115. The molecule has 2 N–H and O–H groups in total. The lowest BCUT2D eigenvalue weighted by Crippen LogP contribution is -2.17. The monoisotopic (exact) mass is 267 g/mol. The van der Waals surface area contributed by atoms with Gasteiger partial charge in [0.05, 0.1) is 12.0 Å². The minimum absolute atomic E-state index is 0.0875. The number of rotatable bonds is 2. The molecule has 1 heterocycles. The van der Waals surface area contributed by atoms with Gasteiger partial charge in [-0.2, -0.15) is 0 Å². The molecule has 0 aromatic heterocycles. The molecule has 4 nitrogen and oxygen atoms in total. The van der Waals surface area contributed by atoms with Gasteiger partial charge >= 0.3 is 0 Å². The highest BCUT2D eigenvalue weighted by Gasteiger charge is 2.22. The number of phenols is 1. The fraction of sp³-hybridized carbons (Fsp3) is 0.0909. The van der Waals surface area contributed by atoms with Crippen molar-refractivity contribution >= 4 is 40.3 Å². The molecule has 1 aliphatic heterocycles. The third-order valence-corrected chi connectivity index (χ3v) is 3.33. The molecule has 2 rings (SSSR count). The average molecular weight is 267 g/mol. The smallest absolute Gasteiger partial charge is 0.263 e. The van der Waals surface area contributed by atoms with E-state index in [1.165, 1.54) is 24.9 Å². The SMILES string of the molecule is COc1ccc(O)c(/C=C2\SC(=S)NC2=O)c1. The Balaban J connectivity index is 2.38. The second-order valence-electron chi connectivity index (χ2n) is 3.28. The predicted molar refractivity (Wildman–Crippen MR) is 71.0 cm³/mol. The van der Waals surface area contributed by atoms with Gasteiger partial charge in [0.15, 0.2) is 0 Å². The second-order valence-corrected chi connectivity index (χ2v) is 5.00. The van der Waals surface area contributed by atoms with E-state index >= 15 is 0 Å². The van der Waals surface area contributed by atoms with Crippen molar-refractivity contribution in [1.29, 1.82) is 0 Å². The van der Waals surface area contributed by atoms with Crippen LogP contribution in [0.2, 0.25) is 0 Å². The maximum atomic E-state index is 11.5. The molecule has 0 bridgehead atoms. The van der Waals surface area contributed by atoms with E-state index in [0.717, 1.165) is 0 Å². The summed E-state index contributed by atoms with van der Waals surface area (Å²) in [7, 11) is 1.54. The summed E-state index contributed by atoms with van der Waals surface area (Å²) in [6, 6.07) is 4.81. The van der Waals surface area contributed by atoms with Crippen molar-refractivity contribution in [2.24, 2.45) is 0 Å². The number of carbonyl (C=O) groups is 1. The Morgan fingerprint density at radius 2 is 2.29 bits per heavy atom. The number of ether oxygens (including phenoxy) is 1. The zero-order valence-electron chi connectivity index (χ0n) is 8.89. The van der Waals surface area contributed by atoms with E-state index < -0.39 is 0 Å². The molecule has 1 fully saturated rings. The van der Waals surface area contributed by atoms with Crippen molar-refractivity contribution in [2.75, 3.05) is 7.11 Å². The summed E-state index contributed by atoms with van der Waals surface area (Å²) >= 11 is 6.04. The number of thioether (sulfide) groups is 1. The number of carbonyl (C=O) groups excluding carboxylic acids is 1. The van der Waals surface area contributed by atoms with Crippen molar-refractivity contribution in [3.8, 4) is 11.5 Å². The van der Waals surface area contributed by atoms with Crippen LogP contribution in [-0.2, 0) is 4.79 Å². The minimum atomic E-state index is -0.248. The third-order valence-electron chi connectivity index (χ3n) is 2.16. The first kappa shape index (κ1) is 11.9. The maximum Gasteiger partial charge on any atom is 0.263 e. The Hall–Kier alpha value is -1.53. The van der Waals surface area contributed by atoms with Crippen LogP contribution in [0.4, 0.5) is 0 Å². The standard InChI is InChI=1S/C11H9NO3S2/c1-15-7-2-3-8(13)6(4-7)5-9-10(14)12-11(16)17-9/h2-5,13H,1H3,(H,12,14,16)/b9-5-. The van der Waals surface area contributed by atoms with Gasteiger partial charge in [0, 0.05) is 5.56 Å². The Morgan fingerprint density at radius 1 is 1.53 bits per heavy atom. The number of aromatic hydroxyl groups is 1. The van der Waals surface area contributed by atoms with Crippen LogP contribution in [0, 0.1) is 0 Å². The Morgan fingerprint density at radius 3 is 2.88 bits per heavy atom. The van der Waals surface area contributed by atoms with Gasteiger partial charge in [0.2, 0.25) is 0 Å². The van der Waals surface area contributed by atoms with Gasteiger partial charge in [-0.25, -0.2) is 0 Å². The molecule has 1 aromatic rings. The first-order valence-electron chi connectivity index (χ1n) is 4.72. The minimum Gasteiger partial charge on any atom is -0.507 e. The van der Waals surface area contributed by atoms with Gasteiger partial charge in [-0.15, -0.1) is 0 Å². The summed E-state index contributed by atoms with van der Waals surface area (Å²) in [4.78, 5) is 11.9. The van der Waals surface area contributed by atoms with E-state index in [0.29, 0.717) is 20.5 Å². The number of thiocarbonyl (C=S) groups is 1. The largest absolute Gasteiger partial charge is 0.507 e. The third kappa shape index (κ3) is 2.59. The van der Waals surface area contributed by atoms with Crippen molar-refractivity contribution in [3.05, 3.63) is 28.7 Å². The Kier molecular flexibility index (Phi) is 3.35. The van der Waals surface area contributed by atoms with Gasteiger partial charge in [-0.3, -0.25) is 4.79 Å². The van der Waals surface area contributed by atoms with Gasteiger partial charge < -0.3 is 15.2 Å². The number of benzene rings is 1. The van der Waals surface area contributed by atoms with Crippen LogP contribution in [0.15, 0.2) is 23.1 Å². The van der Waals surface area contributed by atoms with E-state index in [9.17, 15) is 9.90 Å². The van der Waals surface area contributed by atoms with E-state index in [1.807, 2.05) is 0 Å². The van der Waals surface area contributed by atoms with Crippen molar-refractivity contribution in [1.82, 2.24) is 5.32 Å². The van der Waals surface area contributed by atoms with Crippen LogP contribution in [0.1, 0.15) is 5.56 Å². The van der Waals surface area contributed by atoms with E-state index in [2.05, 4.69) is 5.32 Å². The molecular weight excluding hydrogens is 258 g/mol. The summed E-state index contributed by atoms with van der Waals surface area (Å²) in [6.45, 7) is 0. The highest BCUT2D eigenvalue weighted by atomic mass is 32.2. The predicted octanol–water partition coefficient (Wildman–Crippen LogP) is 1.89. The number of hydrogen-bond acceptors (Lipinski definition) is 5. The quantitative estimate of drug-likeness (QED) is 0.633. The molecule has 1 amide bonds. The Bertz CT molecular complexity index is 525. The average Bonchev–Trinajstić information content (AvgIpc) is 2.60. The van der Waals surface area contributed by atoms with Gasteiger partial charge in [0.25, 0.3) is 5.91 Å². The number of methoxy groups -OCH3 is 1. The van der Waals surface area contributed by atoms with Crippen LogP contribution >= 0.6 is 24.0 Å². The van der Waals surface area contributed by atoms with Crippen LogP contribution < -0.4 is 10.1 Å². The summed E-state index contributed by atoms with van der Waals surface area (Å²) in [5, 5.41) is 12.2. The van der Waals surface area contributed by atoms with Crippen molar-refractivity contribution < 1.29 is 14.6 Å². The molecule has 0 aliphatic carbocycles. The maximum absolute atomic E-state index is 11.5. The Labute approximate surface area is 108 Å². The molecule has 17 heavy (non-hydrogen) atoms. The molecule has 0 spiro atoms. The van der Waals surface area contributed by atoms with E-state index in [1.54, 1.807) is 18.2 Å². The summed E-state index contributed by atoms with van der Waals surface area (Å²) in [5.41, 5.74) is 0.520. The molecule has 1 aromatic carbocycles. The molecule has 88 valence electrons. The molecule has 0 unspecified atom stereocenters. The van der Waals surface area contributed by atoms with Crippen LogP contribution in [0.25, 0.3) is 6.08 Å². The zero-order chi connectivity index (χ0) is 12.4. The normalized spacial score (nSPS) is 17.4. The molecule has 0 atom stereocenters. The summed E-state index contributed by atoms with van der Waals surface area (Å²) in [6.07, 6.45) is 1.58. The molecule has 0 saturated carbocycles. The number of nitrogens with one attached hydrogen (secondary N) is 1.